The molecule has 0 aliphatic heterocycles. The van der Waals surface area contributed by atoms with E-state index in [1.807, 2.05) is 32.0 Å². The molecule has 0 radical (unpaired) electrons. The number of halogens is 1. The van der Waals surface area contributed by atoms with Gasteiger partial charge in [-0.15, -0.1) is 0 Å². The Morgan fingerprint density at radius 2 is 1.04 bits per heavy atom. The third-order valence-corrected chi connectivity index (χ3v) is 14.4. The molecule has 0 saturated heterocycles. The average molecular weight is 427 g/mol. The van der Waals surface area contributed by atoms with Gasteiger partial charge in [-0.05, 0) is 0 Å². The summed E-state index contributed by atoms with van der Waals surface area (Å²) >= 11 is 4.30. The zero-order chi connectivity index (χ0) is 18.6. The summed E-state index contributed by atoms with van der Waals surface area (Å²) in [6.07, 6.45) is 0.474. The number of rotatable bonds is 6. The van der Waals surface area contributed by atoms with E-state index in [9.17, 15) is 4.79 Å². The molecule has 3 aromatic rings. The van der Waals surface area contributed by atoms with Crippen molar-refractivity contribution in [2.45, 2.75) is 13.8 Å². The molecule has 0 aromatic heterocycles. The fraction of sp³-hybridized carbons (Fsp3) is 0.174. The van der Waals surface area contributed by atoms with Crippen molar-refractivity contribution < 1.29 is 4.79 Å². The number of ketones is 1. The summed E-state index contributed by atoms with van der Waals surface area (Å²) in [4.78, 5) is 13.1. The third kappa shape index (κ3) is 3.17. The van der Waals surface area contributed by atoms with E-state index in [0.717, 1.165) is 0 Å². The predicted molar refractivity (Wildman–Crippen MR) is 119 cm³/mol. The number of carbonyl (C=O) groups excluding carboxylic acids is 1. The molecule has 0 fully saturated rings. The topological polar surface area (TPSA) is 17.1 Å². The van der Waals surface area contributed by atoms with Gasteiger partial charge in [-0.25, -0.2) is 0 Å². The van der Waals surface area contributed by atoms with Crippen molar-refractivity contribution in [2.75, 3.05) is 6.16 Å². The first-order chi connectivity index (χ1) is 12.5. The molecule has 3 rings (SSSR count). The molecule has 1 nitrogen and oxygen atoms in total. The minimum absolute atomic E-state index is 0.00909. The van der Waals surface area contributed by atoms with Gasteiger partial charge in [0.1, 0.15) is 0 Å². The Kier molecular flexibility index (Phi) is 5.46. The van der Waals surface area contributed by atoms with Crippen LogP contribution in [0.15, 0.2) is 91.0 Å². The summed E-state index contributed by atoms with van der Waals surface area (Å²) in [6, 6.07) is 31.4. The fourth-order valence-corrected chi connectivity index (χ4v) is 11.1. The fourth-order valence-electron chi connectivity index (χ4n) is 3.41. The van der Waals surface area contributed by atoms with Crippen LogP contribution in [0.1, 0.15) is 13.8 Å². The van der Waals surface area contributed by atoms with Crippen LogP contribution in [0.3, 0.4) is 0 Å². The Hall–Kier alpha value is -1.76. The molecule has 0 unspecified atom stereocenters. The van der Waals surface area contributed by atoms with E-state index in [-0.39, 0.29) is 11.7 Å². The molecule has 26 heavy (non-hydrogen) atoms. The van der Waals surface area contributed by atoms with E-state index in [4.69, 9.17) is 0 Å². The molecule has 0 aliphatic carbocycles. The van der Waals surface area contributed by atoms with Gasteiger partial charge >= 0.3 is 164 Å². The molecular formula is C23H24BrOP. The van der Waals surface area contributed by atoms with E-state index in [0.29, 0.717) is 6.16 Å². The number of hydrogen-bond donors (Lipinski definition) is 0. The summed E-state index contributed by atoms with van der Waals surface area (Å²) < 4.78 is 0. The predicted octanol–water partition coefficient (Wildman–Crippen LogP) is 5.05. The molecule has 0 heterocycles. The monoisotopic (exact) mass is 426 g/mol. The van der Waals surface area contributed by atoms with Crippen molar-refractivity contribution in [3.8, 4) is 0 Å². The van der Waals surface area contributed by atoms with E-state index in [1.54, 1.807) is 0 Å². The van der Waals surface area contributed by atoms with Crippen LogP contribution in [0.25, 0.3) is 0 Å². The molecule has 134 valence electrons. The number of hydrogen-bond acceptors (Lipinski definition) is 1. The molecule has 0 atom stereocenters. The van der Waals surface area contributed by atoms with Gasteiger partial charge < -0.3 is 0 Å². The maximum absolute atomic E-state index is 13.1. The maximum atomic E-state index is 13.1. The van der Waals surface area contributed by atoms with Crippen LogP contribution in [-0.2, 0) is 4.79 Å². The zero-order valence-corrected chi connectivity index (χ0v) is 17.7. The van der Waals surface area contributed by atoms with Gasteiger partial charge in [-0.1, -0.05) is 0 Å². The third-order valence-electron chi connectivity index (χ3n) is 4.98. The van der Waals surface area contributed by atoms with Crippen molar-refractivity contribution in [1.82, 2.24) is 0 Å². The van der Waals surface area contributed by atoms with Gasteiger partial charge in [0.15, 0.2) is 0 Å². The second-order valence-electron chi connectivity index (χ2n) is 6.97. The minimum atomic E-state index is -3.10. The van der Waals surface area contributed by atoms with Crippen molar-refractivity contribution in [3.63, 3.8) is 0 Å². The number of Topliss-reactive ketones (excluding diaryl/α,β-unsaturated/α-hetero) is 1. The SMILES string of the molecule is CC(C)C(=O)CP(Br)(c1ccccc1)(c1ccccc1)c1ccccc1. The number of benzene rings is 3. The van der Waals surface area contributed by atoms with Crippen LogP contribution in [0.2, 0.25) is 0 Å². The summed E-state index contributed by atoms with van der Waals surface area (Å²) in [7, 11) is 0. The van der Waals surface area contributed by atoms with Crippen LogP contribution in [0.5, 0.6) is 0 Å². The molecule has 0 amide bonds. The molecule has 0 aliphatic rings. The van der Waals surface area contributed by atoms with Crippen LogP contribution in [0.4, 0.5) is 0 Å². The molecule has 0 N–H and O–H groups in total. The Morgan fingerprint density at radius 3 is 1.31 bits per heavy atom. The normalized spacial score (nSPS) is 13.2. The molecule has 3 heteroatoms. The standard InChI is InChI=1S/C23H24BrOP/c1-19(2)23(25)18-26(24,20-12-6-3-7-13-20,21-14-8-4-9-15-21)22-16-10-5-11-17-22/h3-17,19H,18H2,1-2H3. The van der Waals surface area contributed by atoms with Gasteiger partial charge in [-0.3, -0.25) is 0 Å². The summed E-state index contributed by atoms with van der Waals surface area (Å²) in [5, 5.41) is 0.456. The van der Waals surface area contributed by atoms with Gasteiger partial charge in [-0.2, -0.15) is 0 Å². The van der Waals surface area contributed by atoms with Crippen molar-refractivity contribution in [2.24, 2.45) is 5.92 Å². The van der Waals surface area contributed by atoms with Gasteiger partial charge in [0, 0.05) is 0 Å². The van der Waals surface area contributed by atoms with E-state index >= 15 is 0 Å². The Labute approximate surface area is 164 Å². The Morgan fingerprint density at radius 1 is 0.731 bits per heavy atom. The van der Waals surface area contributed by atoms with Gasteiger partial charge in [0.2, 0.25) is 0 Å². The summed E-state index contributed by atoms with van der Waals surface area (Å²) in [5.41, 5.74) is 0. The van der Waals surface area contributed by atoms with Crippen LogP contribution in [0, 0.1) is 5.92 Å². The molecule has 0 spiro atoms. The van der Waals surface area contributed by atoms with Crippen molar-refractivity contribution in [3.05, 3.63) is 91.0 Å². The first kappa shape index (κ1) is 19.0. The first-order valence-electron chi connectivity index (χ1n) is 8.89. The first-order valence-corrected chi connectivity index (χ1v) is 13.3. The Balaban J connectivity index is 2.41. The average Bonchev–Trinajstić information content (AvgIpc) is 2.70. The van der Waals surface area contributed by atoms with Crippen LogP contribution in [-0.4, -0.2) is 11.9 Å². The van der Waals surface area contributed by atoms with Crippen molar-refractivity contribution >= 4 is 42.5 Å². The summed E-state index contributed by atoms with van der Waals surface area (Å²) in [5.74, 6) is 0.265. The van der Waals surface area contributed by atoms with E-state index in [1.165, 1.54) is 15.9 Å². The van der Waals surface area contributed by atoms with E-state index < -0.39 is 5.31 Å². The molecular weight excluding hydrogens is 403 g/mol. The van der Waals surface area contributed by atoms with Crippen LogP contribution < -0.4 is 15.9 Å². The van der Waals surface area contributed by atoms with Gasteiger partial charge in [0.05, 0.1) is 0 Å². The quantitative estimate of drug-likeness (QED) is 0.503. The molecule has 0 saturated carbocycles. The van der Waals surface area contributed by atoms with E-state index in [2.05, 4.69) is 88.3 Å². The summed E-state index contributed by atoms with van der Waals surface area (Å²) in [6.45, 7) is 3.97. The Bertz CT molecular complexity index is 776. The molecule has 0 bridgehead atoms. The van der Waals surface area contributed by atoms with Crippen molar-refractivity contribution in [1.29, 1.82) is 0 Å². The second-order valence-corrected chi connectivity index (χ2v) is 15.9. The second kappa shape index (κ2) is 7.47. The van der Waals surface area contributed by atoms with Gasteiger partial charge in [0.25, 0.3) is 0 Å². The molecule has 3 aromatic carbocycles. The number of carbonyl (C=O) groups is 1. The van der Waals surface area contributed by atoms with Crippen LogP contribution >= 0.6 is 20.8 Å². The zero-order valence-electron chi connectivity index (χ0n) is 15.2.